The van der Waals surface area contributed by atoms with Gasteiger partial charge in [0.25, 0.3) is 11.6 Å². The number of carbonyl (C=O) groups excluding carboxylic acids is 1. The van der Waals surface area contributed by atoms with Crippen LogP contribution < -0.4 is 10.6 Å². The summed E-state index contributed by atoms with van der Waals surface area (Å²) in [5, 5.41) is 17.9. The van der Waals surface area contributed by atoms with Crippen LogP contribution in [0.5, 0.6) is 0 Å². The minimum absolute atomic E-state index is 0.0408. The van der Waals surface area contributed by atoms with E-state index in [0.717, 1.165) is 0 Å². The summed E-state index contributed by atoms with van der Waals surface area (Å²) < 4.78 is 0.476. The summed E-state index contributed by atoms with van der Waals surface area (Å²) in [5.74, 6) is -0.305. The Kier molecular flexibility index (Phi) is 4.99. The number of anilines is 1. The summed E-state index contributed by atoms with van der Waals surface area (Å²) in [4.78, 5) is 22.5. The van der Waals surface area contributed by atoms with Crippen molar-refractivity contribution in [3.8, 4) is 0 Å². The smallest absolute Gasteiger partial charge is 0.270 e. The monoisotopic (exact) mass is 385 g/mol. The predicted molar refractivity (Wildman–Crippen MR) is 88.8 cm³/mol. The minimum atomic E-state index is -0.495. The quantitative estimate of drug-likeness (QED) is 0.479. The van der Waals surface area contributed by atoms with E-state index in [2.05, 4.69) is 26.6 Å². The van der Waals surface area contributed by atoms with Gasteiger partial charge in [-0.2, -0.15) is 0 Å². The zero-order chi connectivity index (χ0) is 15.4. The van der Waals surface area contributed by atoms with Crippen LogP contribution in [0, 0.1) is 10.1 Å². The second kappa shape index (κ2) is 6.74. The number of thiocarbonyl (C=S) groups is 1. The molecule has 2 rings (SSSR count). The van der Waals surface area contributed by atoms with Gasteiger partial charge in [0.15, 0.2) is 5.11 Å². The Morgan fingerprint density at radius 2 is 2.14 bits per heavy atom. The van der Waals surface area contributed by atoms with Gasteiger partial charge < -0.3 is 5.32 Å². The fourth-order valence-electron chi connectivity index (χ4n) is 1.44. The first-order valence-electron chi connectivity index (χ1n) is 5.57. The van der Waals surface area contributed by atoms with E-state index >= 15 is 0 Å². The number of hydrogen-bond donors (Lipinski definition) is 2. The zero-order valence-electron chi connectivity index (χ0n) is 10.3. The molecular weight excluding hydrogens is 378 g/mol. The molecule has 6 nitrogen and oxygen atoms in total. The molecule has 0 aliphatic carbocycles. The van der Waals surface area contributed by atoms with Crippen molar-refractivity contribution < 1.29 is 9.72 Å². The molecule has 0 saturated carbocycles. The lowest BCUT2D eigenvalue weighted by molar-refractivity contribution is -0.384. The van der Waals surface area contributed by atoms with Crippen LogP contribution in [-0.4, -0.2) is 15.9 Å². The summed E-state index contributed by atoms with van der Waals surface area (Å²) in [7, 11) is 0. The van der Waals surface area contributed by atoms with Gasteiger partial charge in [0, 0.05) is 16.6 Å². The molecule has 2 N–H and O–H groups in total. The number of thiophene rings is 1. The molecule has 1 amide bonds. The summed E-state index contributed by atoms with van der Waals surface area (Å²) >= 11 is 9.55. The second-order valence-corrected chi connectivity index (χ2v) is 6.02. The Balaban J connectivity index is 2.03. The molecule has 9 heteroatoms. The number of carbonyl (C=O) groups is 1. The number of nitro benzene ring substituents is 1. The molecule has 2 aromatic rings. The number of rotatable bonds is 3. The first-order chi connectivity index (χ1) is 9.97. The maximum Gasteiger partial charge on any atom is 0.270 e. The average Bonchev–Trinajstić information content (AvgIpc) is 2.94. The summed E-state index contributed by atoms with van der Waals surface area (Å²) in [6.45, 7) is 0. The first-order valence-corrected chi connectivity index (χ1v) is 7.65. The van der Waals surface area contributed by atoms with E-state index in [1.54, 1.807) is 17.5 Å². The first kappa shape index (κ1) is 15.5. The molecule has 0 unspecified atom stereocenters. The Labute approximate surface area is 137 Å². The molecule has 0 spiro atoms. The summed E-state index contributed by atoms with van der Waals surface area (Å²) in [6.07, 6.45) is 0. The predicted octanol–water partition coefficient (Wildman–Crippen LogP) is 3.55. The fraction of sp³-hybridized carbons (Fsp3) is 0. The van der Waals surface area contributed by atoms with E-state index in [0.29, 0.717) is 15.0 Å². The van der Waals surface area contributed by atoms with Crippen molar-refractivity contribution >= 4 is 61.9 Å². The lowest BCUT2D eigenvalue weighted by Crippen LogP contribution is -2.33. The number of amides is 1. The van der Waals surface area contributed by atoms with Gasteiger partial charge >= 0.3 is 0 Å². The third-order valence-corrected chi connectivity index (χ3v) is 4.11. The molecule has 1 aromatic carbocycles. The molecule has 0 aliphatic rings. The van der Waals surface area contributed by atoms with Crippen molar-refractivity contribution in [2.75, 3.05) is 5.32 Å². The normalized spacial score (nSPS) is 9.95. The molecule has 108 valence electrons. The van der Waals surface area contributed by atoms with Crippen molar-refractivity contribution in [3.05, 3.63) is 55.2 Å². The lowest BCUT2D eigenvalue weighted by atomic mass is 10.3. The Morgan fingerprint density at radius 3 is 2.71 bits per heavy atom. The van der Waals surface area contributed by atoms with E-state index in [-0.39, 0.29) is 16.7 Å². The van der Waals surface area contributed by atoms with Gasteiger partial charge in [-0.3, -0.25) is 20.2 Å². The molecular formula is C12H8BrN3O3S2. The number of halogens is 1. The maximum atomic E-state index is 11.8. The van der Waals surface area contributed by atoms with Gasteiger partial charge in [0.1, 0.15) is 0 Å². The van der Waals surface area contributed by atoms with Crippen molar-refractivity contribution in [1.82, 2.24) is 5.32 Å². The molecule has 0 bridgehead atoms. The SMILES string of the molecule is O=C(NC(=S)Nc1ccc([N+](=O)[O-])cc1Br)c1cccs1. The van der Waals surface area contributed by atoms with Crippen molar-refractivity contribution in [2.45, 2.75) is 0 Å². The third-order valence-electron chi connectivity index (χ3n) is 2.38. The summed E-state index contributed by atoms with van der Waals surface area (Å²) in [5.41, 5.74) is 0.484. The standard InChI is InChI=1S/C12H8BrN3O3S2/c13-8-6-7(16(18)19)3-4-9(8)14-12(20)15-11(17)10-2-1-5-21-10/h1-6H,(H2,14,15,17,20). The third kappa shape index (κ3) is 4.06. The van der Waals surface area contributed by atoms with E-state index in [4.69, 9.17) is 12.2 Å². The Bertz CT molecular complexity index is 704. The van der Waals surface area contributed by atoms with Gasteiger partial charge in [0.05, 0.1) is 15.5 Å². The molecule has 0 saturated heterocycles. The van der Waals surface area contributed by atoms with Crippen LogP contribution >= 0.6 is 39.5 Å². The van der Waals surface area contributed by atoms with Crippen molar-refractivity contribution in [3.63, 3.8) is 0 Å². The minimum Gasteiger partial charge on any atom is -0.331 e. The number of nitro groups is 1. The van der Waals surface area contributed by atoms with Gasteiger partial charge in [-0.15, -0.1) is 11.3 Å². The zero-order valence-corrected chi connectivity index (χ0v) is 13.5. The molecule has 0 atom stereocenters. The molecule has 0 aliphatic heterocycles. The highest BCUT2D eigenvalue weighted by Gasteiger charge is 2.12. The lowest BCUT2D eigenvalue weighted by Gasteiger charge is -2.10. The number of non-ortho nitro benzene ring substituents is 1. The van der Waals surface area contributed by atoms with Crippen molar-refractivity contribution in [2.24, 2.45) is 0 Å². The number of nitrogens with one attached hydrogen (secondary N) is 2. The Hall–Kier alpha value is -1.84. The van der Waals surface area contributed by atoms with Gasteiger partial charge in [-0.25, -0.2) is 0 Å². The molecule has 0 radical (unpaired) electrons. The van der Waals surface area contributed by atoms with Crippen LogP contribution in [0.3, 0.4) is 0 Å². The van der Waals surface area contributed by atoms with Crippen molar-refractivity contribution in [1.29, 1.82) is 0 Å². The highest BCUT2D eigenvalue weighted by molar-refractivity contribution is 9.10. The van der Waals surface area contributed by atoms with E-state index in [1.807, 2.05) is 0 Å². The molecule has 1 aromatic heterocycles. The molecule has 1 heterocycles. The molecule has 21 heavy (non-hydrogen) atoms. The van der Waals surface area contributed by atoms with Crippen LogP contribution in [0.15, 0.2) is 40.2 Å². The highest BCUT2D eigenvalue weighted by atomic mass is 79.9. The largest absolute Gasteiger partial charge is 0.331 e. The number of nitrogens with zero attached hydrogens (tertiary/aromatic N) is 1. The highest BCUT2D eigenvalue weighted by Crippen LogP contribution is 2.27. The summed E-state index contributed by atoms with van der Waals surface area (Å²) in [6, 6.07) is 7.65. The van der Waals surface area contributed by atoms with Crippen LogP contribution in [-0.2, 0) is 0 Å². The van der Waals surface area contributed by atoms with Crippen LogP contribution in [0.2, 0.25) is 0 Å². The Morgan fingerprint density at radius 1 is 1.38 bits per heavy atom. The van der Waals surface area contributed by atoms with Gasteiger partial charge in [-0.1, -0.05) is 6.07 Å². The van der Waals surface area contributed by atoms with Crippen LogP contribution in [0.25, 0.3) is 0 Å². The maximum absolute atomic E-state index is 11.8. The van der Waals surface area contributed by atoms with E-state index < -0.39 is 4.92 Å². The number of benzene rings is 1. The van der Waals surface area contributed by atoms with E-state index in [9.17, 15) is 14.9 Å². The van der Waals surface area contributed by atoms with E-state index in [1.165, 1.54) is 29.5 Å². The van der Waals surface area contributed by atoms with Gasteiger partial charge in [-0.05, 0) is 45.7 Å². The van der Waals surface area contributed by atoms with Gasteiger partial charge in [0.2, 0.25) is 0 Å². The average molecular weight is 386 g/mol. The fourth-order valence-corrected chi connectivity index (χ4v) is 2.73. The van der Waals surface area contributed by atoms with Crippen LogP contribution in [0.4, 0.5) is 11.4 Å². The molecule has 0 fully saturated rings. The topological polar surface area (TPSA) is 84.3 Å². The number of hydrogen-bond acceptors (Lipinski definition) is 5. The van der Waals surface area contributed by atoms with Crippen LogP contribution in [0.1, 0.15) is 9.67 Å². The second-order valence-electron chi connectivity index (χ2n) is 3.81.